The molecule has 16 heavy (non-hydrogen) atoms. The first-order chi connectivity index (χ1) is 7.84. The van der Waals surface area contributed by atoms with Crippen molar-refractivity contribution in [2.24, 2.45) is 0 Å². The zero-order valence-corrected chi connectivity index (χ0v) is 9.29. The average molecular weight is 220 g/mol. The summed E-state index contributed by atoms with van der Waals surface area (Å²) in [6, 6.07) is 0. The smallest absolute Gasteiger partial charge is 0.254 e. The lowest BCUT2D eigenvalue weighted by Crippen LogP contribution is -2.24. The van der Waals surface area contributed by atoms with Gasteiger partial charge in [-0.3, -0.25) is 4.79 Å². The van der Waals surface area contributed by atoms with Crippen molar-refractivity contribution in [3.63, 3.8) is 0 Å². The molecular weight excluding hydrogens is 204 g/mol. The highest BCUT2D eigenvalue weighted by Gasteiger charge is 2.23. The van der Waals surface area contributed by atoms with Crippen LogP contribution in [0, 0.1) is 0 Å². The molecule has 1 saturated heterocycles. The second-order valence-corrected chi connectivity index (χ2v) is 4.59. The monoisotopic (exact) mass is 220 g/mol. The highest BCUT2D eigenvalue weighted by Crippen LogP contribution is 2.26. The predicted octanol–water partition coefficient (Wildman–Crippen LogP) is 1.50. The predicted molar refractivity (Wildman–Crippen MR) is 59.4 cm³/mol. The molecule has 1 aromatic heterocycles. The van der Waals surface area contributed by atoms with E-state index in [0.717, 1.165) is 62.2 Å². The number of ether oxygens (including phenoxy) is 1. The molecule has 4 heteroatoms. The summed E-state index contributed by atoms with van der Waals surface area (Å²) in [6.45, 7) is 0.783. The molecule has 86 valence electrons. The van der Waals surface area contributed by atoms with Gasteiger partial charge in [0.15, 0.2) is 0 Å². The number of nitrogens with one attached hydrogen (secondary N) is 1. The molecule has 4 nitrogen and oxygen atoms in total. The summed E-state index contributed by atoms with van der Waals surface area (Å²) in [5, 5.41) is 0. The number of aryl methyl sites for hydroxylation is 1. The third kappa shape index (κ3) is 1.67. The number of H-pyrrole nitrogens is 1. The number of hydrogen-bond acceptors (Lipinski definition) is 3. The number of rotatable bonds is 1. The van der Waals surface area contributed by atoms with Crippen LogP contribution >= 0.6 is 0 Å². The quantitative estimate of drug-likeness (QED) is 0.780. The van der Waals surface area contributed by atoms with Crippen LogP contribution < -0.4 is 5.56 Å². The van der Waals surface area contributed by atoms with Gasteiger partial charge < -0.3 is 9.72 Å². The van der Waals surface area contributed by atoms with Gasteiger partial charge in [0.1, 0.15) is 11.9 Å². The third-order valence-electron chi connectivity index (χ3n) is 3.44. The maximum Gasteiger partial charge on any atom is 0.254 e. The van der Waals surface area contributed by atoms with Crippen molar-refractivity contribution in [3.8, 4) is 0 Å². The minimum absolute atomic E-state index is 0.0138. The van der Waals surface area contributed by atoms with Crippen molar-refractivity contribution in [1.82, 2.24) is 9.97 Å². The lowest BCUT2D eigenvalue weighted by atomic mass is 9.97. The Kier molecular flexibility index (Phi) is 2.52. The summed E-state index contributed by atoms with van der Waals surface area (Å²) in [7, 11) is 0. The van der Waals surface area contributed by atoms with E-state index in [1.165, 1.54) is 0 Å². The van der Waals surface area contributed by atoms with E-state index in [1.807, 2.05) is 0 Å². The fourth-order valence-electron chi connectivity index (χ4n) is 2.57. The molecule has 0 radical (unpaired) electrons. The molecule has 0 bridgehead atoms. The van der Waals surface area contributed by atoms with Gasteiger partial charge in [0.25, 0.3) is 5.56 Å². The molecule has 2 heterocycles. The summed E-state index contributed by atoms with van der Waals surface area (Å²) in [4.78, 5) is 19.4. The van der Waals surface area contributed by atoms with Crippen molar-refractivity contribution >= 4 is 0 Å². The number of aromatic nitrogens is 2. The minimum Gasteiger partial charge on any atom is -0.370 e. The first-order valence-corrected chi connectivity index (χ1v) is 6.08. The van der Waals surface area contributed by atoms with E-state index in [1.54, 1.807) is 0 Å². The summed E-state index contributed by atoms with van der Waals surface area (Å²) >= 11 is 0. The number of fused-ring (bicyclic) bond motifs is 1. The van der Waals surface area contributed by atoms with Crippen LogP contribution in [-0.2, 0) is 17.6 Å². The van der Waals surface area contributed by atoms with E-state index in [9.17, 15) is 4.79 Å². The number of hydrogen-bond donors (Lipinski definition) is 1. The Hall–Kier alpha value is -1.16. The normalized spacial score (nSPS) is 24.4. The highest BCUT2D eigenvalue weighted by molar-refractivity contribution is 5.21. The summed E-state index contributed by atoms with van der Waals surface area (Å²) < 4.78 is 5.55. The van der Waals surface area contributed by atoms with Gasteiger partial charge in [-0.2, -0.15) is 0 Å². The van der Waals surface area contributed by atoms with Crippen molar-refractivity contribution in [2.75, 3.05) is 6.61 Å². The standard InChI is InChI=1S/C12H16N2O2/c15-12-8-4-1-2-5-9(8)13-11(14-12)10-6-3-7-16-10/h10H,1-7H2,(H,13,14,15). The maximum atomic E-state index is 11.9. The molecule has 0 amide bonds. The van der Waals surface area contributed by atoms with Crippen LogP contribution in [0.25, 0.3) is 0 Å². The first-order valence-electron chi connectivity index (χ1n) is 6.08. The van der Waals surface area contributed by atoms with Crippen molar-refractivity contribution in [1.29, 1.82) is 0 Å². The lowest BCUT2D eigenvalue weighted by Gasteiger charge is -2.16. The Morgan fingerprint density at radius 1 is 1.25 bits per heavy atom. The van der Waals surface area contributed by atoms with Crippen molar-refractivity contribution in [2.45, 2.75) is 44.6 Å². The van der Waals surface area contributed by atoms with Crippen LogP contribution in [0.2, 0.25) is 0 Å². The zero-order valence-electron chi connectivity index (χ0n) is 9.29. The van der Waals surface area contributed by atoms with Crippen LogP contribution in [0.4, 0.5) is 0 Å². The van der Waals surface area contributed by atoms with Gasteiger partial charge in [-0.05, 0) is 38.5 Å². The topological polar surface area (TPSA) is 55.0 Å². The van der Waals surface area contributed by atoms with Gasteiger partial charge in [-0.25, -0.2) is 4.98 Å². The second-order valence-electron chi connectivity index (χ2n) is 4.59. The zero-order chi connectivity index (χ0) is 11.0. The Morgan fingerprint density at radius 3 is 2.94 bits per heavy atom. The molecule has 0 saturated carbocycles. The SMILES string of the molecule is O=c1[nH]c(C2CCCO2)nc2c1CCCC2. The molecular formula is C12H16N2O2. The Morgan fingerprint density at radius 2 is 2.12 bits per heavy atom. The Bertz CT molecular complexity index is 447. The average Bonchev–Trinajstić information content (AvgIpc) is 2.82. The van der Waals surface area contributed by atoms with E-state index in [0.29, 0.717) is 0 Å². The van der Waals surface area contributed by atoms with E-state index < -0.39 is 0 Å². The Balaban J connectivity index is 2.01. The Labute approximate surface area is 94.1 Å². The number of nitrogens with zero attached hydrogens (tertiary/aromatic N) is 1. The molecule has 3 rings (SSSR count). The lowest BCUT2D eigenvalue weighted by molar-refractivity contribution is 0.104. The van der Waals surface area contributed by atoms with Gasteiger partial charge in [0.2, 0.25) is 0 Å². The van der Waals surface area contributed by atoms with E-state index in [-0.39, 0.29) is 11.7 Å². The largest absolute Gasteiger partial charge is 0.370 e. The molecule has 1 aliphatic heterocycles. The molecule has 0 aromatic carbocycles. The van der Waals surface area contributed by atoms with Gasteiger partial charge in [0, 0.05) is 12.2 Å². The summed E-state index contributed by atoms with van der Waals surface area (Å²) in [5.41, 5.74) is 1.95. The maximum absolute atomic E-state index is 11.9. The van der Waals surface area contributed by atoms with Crippen molar-refractivity contribution < 1.29 is 4.74 Å². The van der Waals surface area contributed by atoms with E-state index in [4.69, 9.17) is 4.74 Å². The van der Waals surface area contributed by atoms with Gasteiger partial charge >= 0.3 is 0 Å². The van der Waals surface area contributed by atoms with Gasteiger partial charge in [-0.15, -0.1) is 0 Å². The third-order valence-corrected chi connectivity index (χ3v) is 3.44. The minimum atomic E-state index is 0.0138. The summed E-state index contributed by atoms with van der Waals surface area (Å²) in [5.74, 6) is 0.739. The molecule has 1 aromatic rings. The van der Waals surface area contributed by atoms with Crippen LogP contribution in [0.3, 0.4) is 0 Å². The highest BCUT2D eigenvalue weighted by atomic mass is 16.5. The van der Waals surface area contributed by atoms with Crippen molar-refractivity contribution in [3.05, 3.63) is 27.4 Å². The first kappa shape index (κ1) is 10.0. The van der Waals surface area contributed by atoms with E-state index in [2.05, 4.69) is 9.97 Å². The molecule has 2 aliphatic rings. The number of aromatic amines is 1. The molecule has 1 N–H and O–H groups in total. The fourth-order valence-corrected chi connectivity index (χ4v) is 2.57. The molecule has 1 aliphatic carbocycles. The second kappa shape index (κ2) is 4.01. The molecule has 1 unspecified atom stereocenters. The van der Waals surface area contributed by atoms with Gasteiger partial charge in [0.05, 0.1) is 5.69 Å². The van der Waals surface area contributed by atoms with Crippen LogP contribution in [0.5, 0.6) is 0 Å². The molecule has 0 spiro atoms. The molecule has 1 atom stereocenters. The fraction of sp³-hybridized carbons (Fsp3) is 0.667. The van der Waals surface area contributed by atoms with Crippen LogP contribution in [0.1, 0.15) is 48.9 Å². The molecule has 1 fully saturated rings. The summed E-state index contributed by atoms with van der Waals surface area (Å²) in [6.07, 6.45) is 6.13. The van der Waals surface area contributed by atoms with E-state index >= 15 is 0 Å². The van der Waals surface area contributed by atoms with Crippen LogP contribution in [-0.4, -0.2) is 16.6 Å². The van der Waals surface area contributed by atoms with Gasteiger partial charge in [-0.1, -0.05) is 0 Å². The van der Waals surface area contributed by atoms with Crippen LogP contribution in [0.15, 0.2) is 4.79 Å².